The Balaban J connectivity index is 2.40. The highest BCUT2D eigenvalue weighted by molar-refractivity contribution is 6.13. The van der Waals surface area contributed by atoms with Crippen LogP contribution in [0, 0.1) is 5.92 Å². The summed E-state index contributed by atoms with van der Waals surface area (Å²) in [5.74, 6) is -1.73. The molecule has 1 atom stereocenters. The van der Waals surface area contributed by atoms with Gasteiger partial charge in [0.25, 0.3) is 0 Å². The Hall–Kier alpha value is -2.36. The molecule has 2 N–H and O–H groups in total. The van der Waals surface area contributed by atoms with Gasteiger partial charge in [0.2, 0.25) is 0 Å². The minimum absolute atomic E-state index is 0.0535. The lowest BCUT2D eigenvalue weighted by atomic mass is 9.87. The second kappa shape index (κ2) is 9.37. The normalized spacial score (nSPS) is 12.2. The van der Waals surface area contributed by atoms with Crippen molar-refractivity contribution >= 4 is 22.7 Å². The van der Waals surface area contributed by atoms with Crippen molar-refractivity contribution in [3.8, 4) is 0 Å². The van der Waals surface area contributed by atoms with Crippen LogP contribution in [0.3, 0.4) is 0 Å². The summed E-state index contributed by atoms with van der Waals surface area (Å²) in [5, 5.41) is 20.3. The van der Waals surface area contributed by atoms with Gasteiger partial charge in [0.05, 0.1) is 11.1 Å². The highest BCUT2D eigenvalue weighted by atomic mass is 16.4. The van der Waals surface area contributed by atoms with E-state index in [0.717, 1.165) is 24.8 Å². The molecule has 0 saturated carbocycles. The number of hydrogen-bond acceptors (Lipinski definition) is 2. The number of hydrogen-bond donors (Lipinski definition) is 2. The first kappa shape index (κ1) is 20.0. The van der Waals surface area contributed by atoms with Crippen molar-refractivity contribution in [2.75, 3.05) is 0 Å². The van der Waals surface area contributed by atoms with Gasteiger partial charge in [-0.15, -0.1) is 0 Å². The van der Waals surface area contributed by atoms with Crippen LogP contribution in [-0.2, 0) is 6.42 Å². The van der Waals surface area contributed by atoms with Gasteiger partial charge in [0.1, 0.15) is 0 Å². The summed E-state index contributed by atoms with van der Waals surface area (Å²) < 4.78 is 0. The van der Waals surface area contributed by atoms with Gasteiger partial charge in [-0.2, -0.15) is 0 Å². The fraction of sp³-hybridized carbons (Fsp3) is 0.455. The van der Waals surface area contributed by atoms with Gasteiger partial charge in [0.15, 0.2) is 0 Å². The Morgan fingerprint density at radius 2 is 1.73 bits per heavy atom. The van der Waals surface area contributed by atoms with Gasteiger partial charge in [-0.1, -0.05) is 76.6 Å². The summed E-state index contributed by atoms with van der Waals surface area (Å²) in [5.41, 5.74) is 0.936. The standard InChI is InChI=1S/C22H28O4/c1-3-5-6-7-9-15(4-2)14-17-13-12-16-10-8-11-18(21(23)24)19(16)20(17)22(25)26/h8,10-13,15H,3-7,9,14H2,1-2H3,(H,23,24)(H,25,26). The predicted octanol–water partition coefficient (Wildman–Crippen LogP) is 5.78. The highest BCUT2D eigenvalue weighted by Gasteiger charge is 2.21. The lowest BCUT2D eigenvalue weighted by Crippen LogP contribution is -2.11. The summed E-state index contributed by atoms with van der Waals surface area (Å²) in [6.07, 6.45) is 7.53. The maximum atomic E-state index is 12.0. The molecule has 4 nitrogen and oxygen atoms in total. The first-order valence-electron chi connectivity index (χ1n) is 9.50. The lowest BCUT2D eigenvalue weighted by Gasteiger charge is -2.18. The number of benzene rings is 2. The molecular formula is C22H28O4. The Kier molecular flexibility index (Phi) is 7.19. The quantitative estimate of drug-likeness (QED) is 0.530. The SMILES string of the molecule is CCCCCCC(CC)Cc1ccc2cccc(C(=O)O)c2c1C(=O)O. The molecule has 0 saturated heterocycles. The number of aromatic carboxylic acids is 2. The molecular weight excluding hydrogens is 328 g/mol. The lowest BCUT2D eigenvalue weighted by molar-refractivity contribution is 0.0694. The average molecular weight is 356 g/mol. The van der Waals surface area contributed by atoms with Gasteiger partial charge in [-0.3, -0.25) is 0 Å². The Morgan fingerprint density at radius 1 is 0.962 bits per heavy atom. The first-order chi connectivity index (χ1) is 12.5. The van der Waals surface area contributed by atoms with Crippen LogP contribution in [0.15, 0.2) is 30.3 Å². The zero-order valence-corrected chi connectivity index (χ0v) is 15.6. The van der Waals surface area contributed by atoms with Crippen molar-refractivity contribution in [3.63, 3.8) is 0 Å². The van der Waals surface area contributed by atoms with E-state index < -0.39 is 11.9 Å². The zero-order chi connectivity index (χ0) is 19.1. The fourth-order valence-electron chi connectivity index (χ4n) is 3.64. The van der Waals surface area contributed by atoms with Gasteiger partial charge in [-0.25, -0.2) is 9.59 Å². The third-order valence-corrected chi connectivity index (χ3v) is 5.13. The number of unbranched alkanes of at least 4 members (excludes halogenated alkanes) is 3. The predicted molar refractivity (Wildman–Crippen MR) is 104 cm³/mol. The van der Waals surface area contributed by atoms with E-state index in [0.29, 0.717) is 23.1 Å². The molecule has 140 valence electrons. The molecule has 0 aliphatic carbocycles. The van der Waals surface area contributed by atoms with E-state index in [1.54, 1.807) is 12.1 Å². The maximum absolute atomic E-state index is 12.0. The molecule has 0 bridgehead atoms. The second-order valence-electron chi connectivity index (χ2n) is 6.94. The molecule has 0 heterocycles. The molecule has 0 aliphatic heterocycles. The maximum Gasteiger partial charge on any atom is 0.336 e. The van der Waals surface area contributed by atoms with Crippen LogP contribution in [0.25, 0.3) is 10.8 Å². The summed E-state index contributed by atoms with van der Waals surface area (Å²) in [4.78, 5) is 23.6. The van der Waals surface area contributed by atoms with Crippen LogP contribution >= 0.6 is 0 Å². The molecule has 2 aromatic carbocycles. The molecule has 0 aliphatic rings. The van der Waals surface area contributed by atoms with Crippen molar-refractivity contribution in [2.45, 2.75) is 58.8 Å². The molecule has 4 heteroatoms. The smallest absolute Gasteiger partial charge is 0.336 e. The van der Waals surface area contributed by atoms with E-state index in [2.05, 4.69) is 13.8 Å². The topological polar surface area (TPSA) is 74.6 Å². The molecule has 0 aromatic heterocycles. The largest absolute Gasteiger partial charge is 0.478 e. The van der Waals surface area contributed by atoms with E-state index in [1.807, 2.05) is 12.1 Å². The third-order valence-electron chi connectivity index (χ3n) is 5.13. The first-order valence-corrected chi connectivity index (χ1v) is 9.50. The van der Waals surface area contributed by atoms with Crippen LogP contribution in [0.2, 0.25) is 0 Å². The molecule has 0 radical (unpaired) electrons. The van der Waals surface area contributed by atoms with E-state index in [1.165, 1.54) is 25.3 Å². The Morgan fingerprint density at radius 3 is 2.35 bits per heavy atom. The minimum Gasteiger partial charge on any atom is -0.478 e. The van der Waals surface area contributed by atoms with Crippen LogP contribution in [-0.4, -0.2) is 22.2 Å². The van der Waals surface area contributed by atoms with E-state index in [4.69, 9.17) is 0 Å². The van der Waals surface area contributed by atoms with Crippen LogP contribution in [0.4, 0.5) is 0 Å². The number of carbonyl (C=O) groups is 2. The Labute approximate surface area is 154 Å². The monoisotopic (exact) mass is 356 g/mol. The summed E-state index contributed by atoms with van der Waals surface area (Å²) >= 11 is 0. The number of carboxylic acid groups (broad SMARTS) is 2. The van der Waals surface area contributed by atoms with Gasteiger partial charge >= 0.3 is 11.9 Å². The summed E-state index contributed by atoms with van der Waals surface area (Å²) in [6.45, 7) is 4.32. The van der Waals surface area contributed by atoms with Crippen molar-refractivity contribution in [1.29, 1.82) is 0 Å². The van der Waals surface area contributed by atoms with Crippen molar-refractivity contribution in [3.05, 3.63) is 47.0 Å². The Bertz CT molecular complexity index is 779. The van der Waals surface area contributed by atoms with Crippen molar-refractivity contribution < 1.29 is 19.8 Å². The molecule has 0 spiro atoms. The minimum atomic E-state index is -1.10. The average Bonchev–Trinajstić information content (AvgIpc) is 2.62. The van der Waals surface area contributed by atoms with E-state index in [-0.39, 0.29) is 11.1 Å². The van der Waals surface area contributed by atoms with Gasteiger partial charge in [0, 0.05) is 5.39 Å². The van der Waals surface area contributed by atoms with E-state index in [9.17, 15) is 19.8 Å². The van der Waals surface area contributed by atoms with Crippen molar-refractivity contribution in [2.24, 2.45) is 5.92 Å². The fourth-order valence-corrected chi connectivity index (χ4v) is 3.64. The van der Waals surface area contributed by atoms with Crippen LogP contribution in [0.5, 0.6) is 0 Å². The third kappa shape index (κ3) is 4.63. The zero-order valence-electron chi connectivity index (χ0n) is 15.6. The van der Waals surface area contributed by atoms with E-state index >= 15 is 0 Å². The molecule has 1 unspecified atom stereocenters. The highest BCUT2D eigenvalue weighted by Crippen LogP contribution is 2.29. The molecule has 26 heavy (non-hydrogen) atoms. The van der Waals surface area contributed by atoms with Gasteiger partial charge < -0.3 is 10.2 Å². The number of carboxylic acids is 2. The molecule has 0 fully saturated rings. The number of fused-ring (bicyclic) bond motifs is 1. The second-order valence-corrected chi connectivity index (χ2v) is 6.94. The van der Waals surface area contributed by atoms with Crippen LogP contribution in [0.1, 0.15) is 78.7 Å². The van der Waals surface area contributed by atoms with Gasteiger partial charge in [-0.05, 0) is 29.4 Å². The summed E-state index contributed by atoms with van der Waals surface area (Å²) in [7, 11) is 0. The summed E-state index contributed by atoms with van der Waals surface area (Å²) in [6, 6.07) is 8.59. The van der Waals surface area contributed by atoms with Crippen molar-refractivity contribution in [1.82, 2.24) is 0 Å². The molecule has 0 amide bonds. The van der Waals surface area contributed by atoms with Crippen LogP contribution < -0.4 is 0 Å². The molecule has 2 aromatic rings. The molecule has 2 rings (SSSR count). The number of rotatable bonds is 10.